The van der Waals surface area contributed by atoms with Crippen molar-refractivity contribution in [3.8, 4) is 0 Å². The number of rotatable bonds is 5. The Morgan fingerprint density at radius 1 is 1.19 bits per heavy atom. The Balaban J connectivity index is 1.96. The van der Waals surface area contributed by atoms with E-state index in [0.29, 0.717) is 5.56 Å². The monoisotopic (exact) mass is 348 g/mol. The van der Waals surface area contributed by atoms with Gasteiger partial charge in [-0.25, -0.2) is 0 Å². The van der Waals surface area contributed by atoms with Gasteiger partial charge in [0, 0.05) is 22.8 Å². The predicted molar refractivity (Wildman–Crippen MR) is 84.7 cm³/mol. The number of non-ortho nitro benzene ring substituents is 1. The van der Waals surface area contributed by atoms with Crippen LogP contribution in [0.3, 0.4) is 0 Å². The highest BCUT2D eigenvalue weighted by molar-refractivity contribution is 9.10. The van der Waals surface area contributed by atoms with Crippen LogP contribution < -0.4 is 0 Å². The second-order valence-electron chi connectivity index (χ2n) is 4.41. The van der Waals surface area contributed by atoms with Crippen molar-refractivity contribution in [2.24, 2.45) is 4.99 Å². The molecular formula is C15H13BrN2O3. The molecule has 2 aromatic carbocycles. The zero-order valence-electron chi connectivity index (χ0n) is 11.0. The van der Waals surface area contributed by atoms with Crippen LogP contribution in [-0.4, -0.2) is 22.8 Å². The molecule has 2 rings (SSSR count). The maximum absolute atomic E-state index is 10.6. The van der Waals surface area contributed by atoms with Gasteiger partial charge in [-0.15, -0.1) is 0 Å². The molecule has 6 heteroatoms. The van der Waals surface area contributed by atoms with Crippen LogP contribution in [0.1, 0.15) is 17.2 Å². The van der Waals surface area contributed by atoms with Gasteiger partial charge in [0.2, 0.25) is 0 Å². The van der Waals surface area contributed by atoms with Gasteiger partial charge < -0.3 is 5.11 Å². The van der Waals surface area contributed by atoms with E-state index in [1.807, 2.05) is 24.3 Å². The molecule has 5 nitrogen and oxygen atoms in total. The molecule has 0 aliphatic carbocycles. The summed E-state index contributed by atoms with van der Waals surface area (Å²) in [7, 11) is 0. The van der Waals surface area contributed by atoms with E-state index in [4.69, 9.17) is 0 Å². The summed E-state index contributed by atoms with van der Waals surface area (Å²) in [5, 5.41) is 20.5. The number of hydrogen-bond donors (Lipinski definition) is 1. The number of benzene rings is 2. The van der Waals surface area contributed by atoms with E-state index < -0.39 is 11.0 Å². The average molecular weight is 349 g/mol. The summed E-state index contributed by atoms with van der Waals surface area (Å²) < 4.78 is 0.991. The van der Waals surface area contributed by atoms with Gasteiger partial charge in [-0.1, -0.05) is 28.1 Å². The summed E-state index contributed by atoms with van der Waals surface area (Å²) in [5.74, 6) is 0. The SMILES string of the molecule is O=[N+]([O-])c1ccc([C@H](O)CN=Cc2ccc(Br)cc2)cc1. The topological polar surface area (TPSA) is 75.7 Å². The third-order valence-corrected chi connectivity index (χ3v) is 3.41. The molecule has 1 atom stereocenters. The summed E-state index contributed by atoms with van der Waals surface area (Å²) in [6.45, 7) is 0.202. The third-order valence-electron chi connectivity index (χ3n) is 2.88. The summed E-state index contributed by atoms with van der Waals surface area (Å²) in [6, 6.07) is 13.5. The van der Waals surface area contributed by atoms with E-state index in [0.717, 1.165) is 10.0 Å². The molecular weight excluding hydrogens is 336 g/mol. The lowest BCUT2D eigenvalue weighted by molar-refractivity contribution is -0.384. The molecule has 0 aliphatic rings. The number of aliphatic imine (C=N–C) groups is 1. The van der Waals surface area contributed by atoms with Crippen LogP contribution >= 0.6 is 15.9 Å². The Kier molecular flexibility index (Phi) is 5.19. The van der Waals surface area contributed by atoms with Crippen molar-refractivity contribution in [2.45, 2.75) is 6.10 Å². The maximum atomic E-state index is 10.6. The first-order valence-corrected chi connectivity index (χ1v) is 7.03. The lowest BCUT2D eigenvalue weighted by Crippen LogP contribution is -2.02. The minimum absolute atomic E-state index is 0.00399. The van der Waals surface area contributed by atoms with Gasteiger partial charge in [0.05, 0.1) is 17.6 Å². The highest BCUT2D eigenvalue weighted by Crippen LogP contribution is 2.18. The normalized spacial score (nSPS) is 12.5. The fourth-order valence-electron chi connectivity index (χ4n) is 1.73. The first-order valence-electron chi connectivity index (χ1n) is 6.24. The second-order valence-corrected chi connectivity index (χ2v) is 5.33. The van der Waals surface area contributed by atoms with Gasteiger partial charge in [-0.2, -0.15) is 0 Å². The highest BCUT2D eigenvalue weighted by atomic mass is 79.9. The van der Waals surface area contributed by atoms with Crippen LogP contribution in [0.4, 0.5) is 5.69 Å². The van der Waals surface area contributed by atoms with Crippen LogP contribution in [0.15, 0.2) is 58.0 Å². The number of halogens is 1. The first-order chi connectivity index (χ1) is 10.1. The number of nitrogens with zero attached hydrogens (tertiary/aromatic N) is 2. The molecule has 0 unspecified atom stereocenters. The Hall–Kier alpha value is -2.05. The molecule has 21 heavy (non-hydrogen) atoms. The molecule has 0 aliphatic heterocycles. The van der Waals surface area contributed by atoms with E-state index >= 15 is 0 Å². The highest BCUT2D eigenvalue weighted by Gasteiger charge is 2.09. The van der Waals surface area contributed by atoms with Crippen LogP contribution in [0, 0.1) is 10.1 Å². The molecule has 0 saturated heterocycles. The predicted octanol–water partition coefficient (Wildman–Crippen LogP) is 3.51. The minimum Gasteiger partial charge on any atom is -0.386 e. The molecule has 0 amide bonds. The number of aliphatic hydroxyl groups is 1. The van der Waals surface area contributed by atoms with E-state index in [1.54, 1.807) is 6.21 Å². The van der Waals surface area contributed by atoms with Crippen molar-refractivity contribution in [3.63, 3.8) is 0 Å². The zero-order valence-corrected chi connectivity index (χ0v) is 12.6. The molecule has 0 heterocycles. The number of nitro benzene ring substituents is 1. The van der Waals surface area contributed by atoms with E-state index in [9.17, 15) is 15.2 Å². The van der Waals surface area contributed by atoms with Crippen molar-refractivity contribution in [2.75, 3.05) is 6.54 Å². The van der Waals surface area contributed by atoms with Gasteiger partial charge in [0.15, 0.2) is 0 Å². The van der Waals surface area contributed by atoms with Crippen molar-refractivity contribution in [3.05, 3.63) is 74.2 Å². The molecule has 0 spiro atoms. The van der Waals surface area contributed by atoms with Gasteiger partial charge in [0.25, 0.3) is 5.69 Å². The molecule has 108 valence electrons. The second kappa shape index (κ2) is 7.10. The van der Waals surface area contributed by atoms with Crippen LogP contribution in [0.25, 0.3) is 0 Å². The fourth-order valence-corrected chi connectivity index (χ4v) is 1.99. The summed E-state index contributed by atoms with van der Waals surface area (Å²) in [5.41, 5.74) is 1.55. The van der Waals surface area contributed by atoms with Gasteiger partial charge in [0.1, 0.15) is 0 Å². The molecule has 0 radical (unpaired) electrons. The number of nitro groups is 1. The molecule has 0 bridgehead atoms. The van der Waals surface area contributed by atoms with Crippen molar-refractivity contribution in [1.82, 2.24) is 0 Å². The van der Waals surface area contributed by atoms with E-state index in [1.165, 1.54) is 24.3 Å². The Morgan fingerprint density at radius 2 is 1.81 bits per heavy atom. The van der Waals surface area contributed by atoms with Crippen LogP contribution in [-0.2, 0) is 0 Å². The average Bonchev–Trinajstić information content (AvgIpc) is 2.49. The summed E-state index contributed by atoms with van der Waals surface area (Å²) >= 11 is 3.35. The number of aliphatic hydroxyl groups excluding tert-OH is 1. The van der Waals surface area contributed by atoms with E-state index in [2.05, 4.69) is 20.9 Å². The Morgan fingerprint density at radius 3 is 2.38 bits per heavy atom. The number of hydrogen-bond acceptors (Lipinski definition) is 4. The Labute approximate surface area is 130 Å². The minimum atomic E-state index is -0.780. The Bertz CT molecular complexity index is 639. The largest absolute Gasteiger partial charge is 0.386 e. The zero-order chi connectivity index (χ0) is 15.2. The van der Waals surface area contributed by atoms with Crippen LogP contribution in [0.2, 0.25) is 0 Å². The van der Waals surface area contributed by atoms with Crippen LogP contribution in [0.5, 0.6) is 0 Å². The third kappa shape index (κ3) is 4.47. The smallest absolute Gasteiger partial charge is 0.269 e. The molecule has 2 aromatic rings. The standard InChI is InChI=1S/C15H13BrN2O3/c16-13-5-1-11(2-6-13)9-17-10-15(19)12-3-7-14(8-4-12)18(20)21/h1-9,15,19H,10H2/t15-/m1/s1. The summed E-state index contributed by atoms with van der Waals surface area (Å²) in [6.07, 6.45) is 0.902. The van der Waals surface area contributed by atoms with Gasteiger partial charge >= 0.3 is 0 Å². The lowest BCUT2D eigenvalue weighted by atomic mass is 10.1. The first kappa shape index (κ1) is 15.3. The van der Waals surface area contributed by atoms with Crippen molar-refractivity contribution >= 4 is 27.8 Å². The molecule has 0 fully saturated rings. The lowest BCUT2D eigenvalue weighted by Gasteiger charge is -2.07. The van der Waals surface area contributed by atoms with Gasteiger partial charge in [-0.3, -0.25) is 15.1 Å². The fraction of sp³-hybridized carbons (Fsp3) is 0.133. The maximum Gasteiger partial charge on any atom is 0.269 e. The quantitative estimate of drug-likeness (QED) is 0.510. The van der Waals surface area contributed by atoms with Crippen molar-refractivity contribution in [1.29, 1.82) is 0 Å². The van der Waals surface area contributed by atoms with E-state index in [-0.39, 0.29) is 12.2 Å². The van der Waals surface area contributed by atoms with Gasteiger partial charge in [-0.05, 0) is 35.4 Å². The molecule has 0 aromatic heterocycles. The van der Waals surface area contributed by atoms with Crippen molar-refractivity contribution < 1.29 is 10.0 Å². The molecule has 1 N–H and O–H groups in total. The summed E-state index contributed by atoms with van der Waals surface area (Å²) in [4.78, 5) is 14.3. The molecule has 0 saturated carbocycles.